The molecule has 0 fully saturated rings. The van der Waals surface area contributed by atoms with E-state index in [1.807, 2.05) is 17.7 Å². The van der Waals surface area contributed by atoms with Crippen LogP contribution in [-0.4, -0.2) is 29.2 Å². The molecule has 2 aromatic heterocycles. The lowest BCUT2D eigenvalue weighted by molar-refractivity contribution is 0.0898. The van der Waals surface area contributed by atoms with Gasteiger partial charge in [0.1, 0.15) is 12.4 Å². The van der Waals surface area contributed by atoms with Crippen LogP contribution in [0.15, 0.2) is 17.3 Å². The van der Waals surface area contributed by atoms with Crippen molar-refractivity contribution >= 4 is 19.1 Å². The molecule has 0 unspecified atom stereocenters. The predicted molar refractivity (Wildman–Crippen MR) is 79.2 cm³/mol. The SMILES string of the molecule is Cc1cn(COCC[Si](C)(C)C)c2nc[nH]c(=O)c12. The molecule has 0 bridgehead atoms. The van der Waals surface area contributed by atoms with Crippen LogP contribution in [0.1, 0.15) is 5.56 Å². The van der Waals surface area contributed by atoms with Crippen LogP contribution in [0.4, 0.5) is 0 Å². The molecule has 0 spiro atoms. The van der Waals surface area contributed by atoms with Crippen LogP contribution in [-0.2, 0) is 11.5 Å². The van der Waals surface area contributed by atoms with Crippen molar-refractivity contribution in [3.63, 3.8) is 0 Å². The predicted octanol–water partition coefficient (Wildman–Crippen LogP) is 2.35. The molecule has 1 N–H and O–H groups in total. The number of nitrogens with zero attached hydrogens (tertiary/aromatic N) is 2. The molecule has 2 aromatic rings. The van der Waals surface area contributed by atoms with Gasteiger partial charge in [0, 0.05) is 20.9 Å². The second kappa shape index (κ2) is 5.30. The van der Waals surface area contributed by atoms with Gasteiger partial charge in [-0.1, -0.05) is 19.6 Å². The molecular formula is C13H21N3O2Si. The lowest BCUT2D eigenvalue weighted by atomic mass is 10.3. The average molecular weight is 279 g/mol. The van der Waals surface area contributed by atoms with Gasteiger partial charge in [0.05, 0.1) is 11.7 Å². The Kier molecular flexibility index (Phi) is 3.91. The molecule has 2 heterocycles. The van der Waals surface area contributed by atoms with E-state index in [1.54, 1.807) is 0 Å². The summed E-state index contributed by atoms with van der Waals surface area (Å²) in [5.74, 6) is 0. The Bertz CT molecular complexity index is 625. The van der Waals surface area contributed by atoms with E-state index in [9.17, 15) is 4.79 Å². The first-order chi connectivity index (χ1) is 8.88. The van der Waals surface area contributed by atoms with Crippen molar-refractivity contribution in [1.82, 2.24) is 14.5 Å². The summed E-state index contributed by atoms with van der Waals surface area (Å²) in [7, 11) is -1.06. The highest BCUT2D eigenvalue weighted by Gasteiger charge is 2.13. The van der Waals surface area contributed by atoms with E-state index >= 15 is 0 Å². The number of nitrogens with one attached hydrogen (secondary N) is 1. The van der Waals surface area contributed by atoms with Gasteiger partial charge in [0.25, 0.3) is 5.56 Å². The van der Waals surface area contributed by atoms with Crippen LogP contribution in [0.25, 0.3) is 11.0 Å². The number of hydrogen-bond donors (Lipinski definition) is 1. The zero-order valence-electron chi connectivity index (χ0n) is 12.0. The lowest BCUT2D eigenvalue weighted by Gasteiger charge is -2.15. The van der Waals surface area contributed by atoms with Gasteiger partial charge in [-0.25, -0.2) is 4.98 Å². The van der Waals surface area contributed by atoms with Crippen molar-refractivity contribution in [3.8, 4) is 0 Å². The molecule has 0 saturated heterocycles. The Hall–Kier alpha value is -1.40. The molecule has 5 nitrogen and oxygen atoms in total. The Labute approximate surface area is 113 Å². The first-order valence-corrected chi connectivity index (χ1v) is 10.2. The number of hydrogen-bond acceptors (Lipinski definition) is 3. The highest BCUT2D eigenvalue weighted by molar-refractivity contribution is 6.76. The van der Waals surface area contributed by atoms with Crippen molar-refractivity contribution in [1.29, 1.82) is 0 Å². The van der Waals surface area contributed by atoms with Gasteiger partial charge < -0.3 is 14.3 Å². The van der Waals surface area contributed by atoms with Gasteiger partial charge in [0.15, 0.2) is 0 Å². The van der Waals surface area contributed by atoms with Crippen molar-refractivity contribution in [2.45, 2.75) is 39.3 Å². The minimum Gasteiger partial charge on any atom is -0.361 e. The molecule has 0 aliphatic rings. The summed E-state index contributed by atoms with van der Waals surface area (Å²) in [6.45, 7) is 10.1. The van der Waals surface area contributed by atoms with Crippen LogP contribution in [0.5, 0.6) is 0 Å². The molecule has 0 aromatic carbocycles. The van der Waals surface area contributed by atoms with Gasteiger partial charge >= 0.3 is 0 Å². The Morgan fingerprint density at radius 3 is 2.84 bits per heavy atom. The number of aryl methyl sites for hydroxylation is 1. The molecule has 104 valence electrons. The quantitative estimate of drug-likeness (QED) is 0.675. The smallest absolute Gasteiger partial charge is 0.260 e. The zero-order valence-corrected chi connectivity index (χ0v) is 13.0. The summed E-state index contributed by atoms with van der Waals surface area (Å²) in [6.07, 6.45) is 3.35. The van der Waals surface area contributed by atoms with E-state index in [1.165, 1.54) is 6.33 Å². The summed E-state index contributed by atoms with van der Waals surface area (Å²) in [6, 6.07) is 1.14. The fraction of sp³-hybridized carbons (Fsp3) is 0.538. The van der Waals surface area contributed by atoms with E-state index in [2.05, 4.69) is 29.6 Å². The molecule has 0 aliphatic heterocycles. The molecule has 6 heteroatoms. The minimum atomic E-state index is -1.06. The number of rotatable bonds is 5. The monoisotopic (exact) mass is 279 g/mol. The van der Waals surface area contributed by atoms with E-state index in [0.717, 1.165) is 18.2 Å². The number of H-pyrrole nitrogens is 1. The maximum Gasteiger partial charge on any atom is 0.260 e. The first-order valence-electron chi connectivity index (χ1n) is 6.49. The largest absolute Gasteiger partial charge is 0.361 e. The highest BCUT2D eigenvalue weighted by Crippen LogP contribution is 2.14. The van der Waals surface area contributed by atoms with Gasteiger partial charge in [-0.2, -0.15) is 0 Å². The normalized spacial score (nSPS) is 12.2. The van der Waals surface area contributed by atoms with Crippen LogP contribution in [0.3, 0.4) is 0 Å². The van der Waals surface area contributed by atoms with E-state index in [-0.39, 0.29) is 5.56 Å². The van der Waals surface area contributed by atoms with Crippen LogP contribution in [0.2, 0.25) is 25.7 Å². The maximum absolute atomic E-state index is 11.7. The summed E-state index contributed by atoms with van der Waals surface area (Å²) in [5.41, 5.74) is 1.52. The van der Waals surface area contributed by atoms with E-state index < -0.39 is 8.07 Å². The number of aromatic amines is 1. The third kappa shape index (κ3) is 3.33. The van der Waals surface area contributed by atoms with E-state index in [0.29, 0.717) is 17.8 Å². The molecule has 0 amide bonds. The van der Waals surface area contributed by atoms with Gasteiger partial charge in [0.2, 0.25) is 0 Å². The van der Waals surface area contributed by atoms with E-state index in [4.69, 9.17) is 4.74 Å². The zero-order chi connectivity index (χ0) is 14.0. The second-order valence-corrected chi connectivity index (χ2v) is 11.7. The first kappa shape index (κ1) is 14.0. The Morgan fingerprint density at radius 1 is 1.42 bits per heavy atom. The van der Waals surface area contributed by atoms with Gasteiger partial charge in [-0.3, -0.25) is 4.79 Å². The number of fused-ring (bicyclic) bond motifs is 1. The van der Waals surface area contributed by atoms with Crippen LogP contribution < -0.4 is 5.56 Å². The van der Waals surface area contributed by atoms with Crippen molar-refractivity contribution in [3.05, 3.63) is 28.4 Å². The highest BCUT2D eigenvalue weighted by atomic mass is 28.3. The lowest BCUT2D eigenvalue weighted by Crippen LogP contribution is -2.22. The summed E-state index contributed by atoms with van der Waals surface area (Å²) in [4.78, 5) is 18.6. The second-order valence-electron chi connectivity index (χ2n) is 6.06. The van der Waals surface area contributed by atoms with Crippen LogP contribution in [0, 0.1) is 6.92 Å². The fourth-order valence-corrected chi connectivity index (χ4v) is 2.72. The molecule has 0 atom stereocenters. The number of ether oxygens (including phenoxy) is 1. The molecular weight excluding hydrogens is 258 g/mol. The average Bonchev–Trinajstić information content (AvgIpc) is 2.62. The van der Waals surface area contributed by atoms with Gasteiger partial charge in [-0.05, 0) is 18.5 Å². The molecule has 19 heavy (non-hydrogen) atoms. The van der Waals surface area contributed by atoms with Gasteiger partial charge in [-0.15, -0.1) is 0 Å². The van der Waals surface area contributed by atoms with Crippen molar-refractivity contribution in [2.75, 3.05) is 6.61 Å². The van der Waals surface area contributed by atoms with Crippen molar-refractivity contribution < 1.29 is 4.74 Å². The Morgan fingerprint density at radius 2 is 2.16 bits per heavy atom. The summed E-state index contributed by atoms with van der Waals surface area (Å²) in [5, 5.41) is 0.649. The molecule has 0 aliphatic carbocycles. The van der Waals surface area contributed by atoms with Crippen molar-refractivity contribution in [2.24, 2.45) is 0 Å². The third-order valence-corrected chi connectivity index (χ3v) is 4.78. The third-order valence-electron chi connectivity index (χ3n) is 3.08. The minimum absolute atomic E-state index is 0.0941. The number of aromatic nitrogens is 3. The van der Waals surface area contributed by atoms with Crippen LogP contribution >= 0.6 is 0 Å². The topological polar surface area (TPSA) is 59.9 Å². The summed E-state index contributed by atoms with van der Waals surface area (Å²) >= 11 is 0. The molecule has 0 radical (unpaired) electrons. The molecule has 0 saturated carbocycles. The maximum atomic E-state index is 11.7. The molecule has 2 rings (SSSR count). The summed E-state index contributed by atoms with van der Waals surface area (Å²) < 4.78 is 7.60. The fourth-order valence-electron chi connectivity index (χ4n) is 1.96. The standard InChI is InChI=1S/C13H21N3O2Si/c1-10-7-16(9-18-5-6-19(2,3)4)12-11(10)13(17)15-8-14-12/h7-8H,5-6,9H2,1-4H3,(H,14,15,17). The Balaban J connectivity index is 2.10.